The number of amides is 1. The maximum absolute atomic E-state index is 12.6. The van der Waals surface area contributed by atoms with Gasteiger partial charge >= 0.3 is 0 Å². The van der Waals surface area contributed by atoms with Crippen molar-refractivity contribution in [3.63, 3.8) is 0 Å². The van der Waals surface area contributed by atoms with Crippen molar-refractivity contribution in [2.24, 2.45) is 0 Å². The van der Waals surface area contributed by atoms with Crippen LogP contribution in [0.15, 0.2) is 54.6 Å². The van der Waals surface area contributed by atoms with E-state index in [2.05, 4.69) is 6.92 Å². The fourth-order valence-electron chi connectivity index (χ4n) is 2.61. The monoisotopic (exact) mass is 323 g/mol. The molecule has 0 saturated heterocycles. The van der Waals surface area contributed by atoms with Crippen LogP contribution in [0, 0.1) is 0 Å². The first-order valence-electron chi connectivity index (χ1n) is 8.23. The summed E-state index contributed by atoms with van der Waals surface area (Å²) >= 11 is 0. The first kappa shape index (κ1) is 16.1. The predicted molar refractivity (Wildman–Crippen MR) is 95.6 cm³/mol. The van der Waals surface area contributed by atoms with Gasteiger partial charge in [-0.1, -0.05) is 37.3 Å². The number of hydrogen-bond acceptors (Lipinski definition) is 3. The van der Waals surface area contributed by atoms with Gasteiger partial charge in [0.15, 0.2) is 0 Å². The van der Waals surface area contributed by atoms with Crippen LogP contribution in [0.25, 0.3) is 6.08 Å². The molecule has 0 N–H and O–H groups in total. The van der Waals surface area contributed by atoms with E-state index in [0.29, 0.717) is 19.8 Å². The highest BCUT2D eigenvalue weighted by molar-refractivity contribution is 6.05. The van der Waals surface area contributed by atoms with Crippen molar-refractivity contribution in [1.29, 1.82) is 0 Å². The summed E-state index contributed by atoms with van der Waals surface area (Å²) in [5.74, 6) is 1.49. The van der Waals surface area contributed by atoms with Crippen molar-refractivity contribution in [3.8, 4) is 11.5 Å². The fourth-order valence-corrected chi connectivity index (χ4v) is 2.61. The minimum atomic E-state index is -0.0592. The first-order chi connectivity index (χ1) is 11.8. The van der Waals surface area contributed by atoms with E-state index in [9.17, 15) is 4.79 Å². The van der Waals surface area contributed by atoms with Gasteiger partial charge < -0.3 is 14.4 Å². The summed E-state index contributed by atoms with van der Waals surface area (Å²) in [5.41, 5.74) is 1.72. The number of rotatable bonds is 5. The fraction of sp³-hybridized carbons (Fsp3) is 0.250. The minimum Gasteiger partial charge on any atom is -0.493 e. The van der Waals surface area contributed by atoms with Gasteiger partial charge in [0.05, 0.1) is 18.8 Å². The lowest BCUT2D eigenvalue weighted by Crippen LogP contribution is -2.36. The minimum absolute atomic E-state index is 0.0592. The molecule has 2 aromatic carbocycles. The number of fused-ring (bicyclic) bond motifs is 1. The van der Waals surface area contributed by atoms with Gasteiger partial charge in [0.25, 0.3) is 5.91 Å². The van der Waals surface area contributed by atoms with E-state index in [1.807, 2.05) is 54.6 Å². The lowest BCUT2D eigenvalue weighted by molar-refractivity contribution is -0.114. The van der Waals surface area contributed by atoms with Crippen LogP contribution in [0.3, 0.4) is 0 Å². The van der Waals surface area contributed by atoms with Crippen molar-refractivity contribution in [3.05, 3.63) is 60.2 Å². The highest BCUT2D eigenvalue weighted by Crippen LogP contribution is 2.31. The van der Waals surface area contributed by atoms with Crippen LogP contribution in [0.1, 0.15) is 18.9 Å². The second-order valence-corrected chi connectivity index (χ2v) is 5.53. The topological polar surface area (TPSA) is 38.8 Å². The number of para-hydroxylation sites is 3. The van der Waals surface area contributed by atoms with Crippen molar-refractivity contribution >= 4 is 17.7 Å². The van der Waals surface area contributed by atoms with E-state index in [1.54, 1.807) is 11.0 Å². The molecule has 3 rings (SSSR count). The predicted octanol–water partition coefficient (Wildman–Crippen LogP) is 3.91. The molecule has 0 fully saturated rings. The summed E-state index contributed by atoms with van der Waals surface area (Å²) in [4.78, 5) is 14.3. The number of anilines is 1. The van der Waals surface area contributed by atoms with Crippen LogP contribution in [-0.4, -0.2) is 25.7 Å². The van der Waals surface area contributed by atoms with E-state index >= 15 is 0 Å². The van der Waals surface area contributed by atoms with Crippen molar-refractivity contribution < 1.29 is 14.3 Å². The van der Waals surface area contributed by atoms with Crippen LogP contribution in [0.5, 0.6) is 11.5 Å². The third-order valence-corrected chi connectivity index (χ3v) is 3.78. The lowest BCUT2D eigenvalue weighted by atomic mass is 10.1. The van der Waals surface area contributed by atoms with Gasteiger partial charge in [-0.15, -0.1) is 0 Å². The first-order valence-corrected chi connectivity index (χ1v) is 8.23. The van der Waals surface area contributed by atoms with Gasteiger partial charge in [-0.05, 0) is 30.7 Å². The summed E-state index contributed by atoms with van der Waals surface area (Å²) in [6.45, 7) is 3.79. The summed E-state index contributed by atoms with van der Waals surface area (Å²) in [5, 5.41) is 0. The average Bonchev–Trinajstić information content (AvgIpc) is 2.64. The molecule has 1 aliphatic rings. The molecule has 124 valence electrons. The van der Waals surface area contributed by atoms with Crippen LogP contribution in [-0.2, 0) is 4.79 Å². The molecule has 24 heavy (non-hydrogen) atoms. The van der Waals surface area contributed by atoms with Gasteiger partial charge in [-0.25, -0.2) is 0 Å². The molecule has 1 aliphatic heterocycles. The zero-order chi connectivity index (χ0) is 16.8. The van der Waals surface area contributed by atoms with E-state index in [0.717, 1.165) is 29.2 Å². The molecule has 4 nitrogen and oxygen atoms in total. The quantitative estimate of drug-likeness (QED) is 0.783. The van der Waals surface area contributed by atoms with Crippen molar-refractivity contribution in [2.75, 3.05) is 24.7 Å². The van der Waals surface area contributed by atoms with Crippen molar-refractivity contribution in [1.82, 2.24) is 0 Å². The molecule has 0 aromatic heterocycles. The maximum atomic E-state index is 12.6. The number of carbonyl (C=O) groups excluding carboxylic acids is 1. The van der Waals surface area contributed by atoms with Gasteiger partial charge in [-0.3, -0.25) is 4.79 Å². The molecule has 0 saturated carbocycles. The number of ether oxygens (including phenoxy) is 2. The molecule has 2 aromatic rings. The summed E-state index contributed by atoms with van der Waals surface area (Å²) in [6, 6.07) is 15.3. The van der Waals surface area contributed by atoms with Gasteiger partial charge in [0.1, 0.15) is 18.1 Å². The Hall–Kier alpha value is -2.75. The number of nitrogens with zero attached hydrogens (tertiary/aromatic N) is 1. The Kier molecular flexibility index (Phi) is 5.16. The molecule has 1 heterocycles. The van der Waals surface area contributed by atoms with Crippen LogP contribution in [0.2, 0.25) is 0 Å². The number of carbonyl (C=O) groups is 1. The normalized spacial score (nSPS) is 13.5. The van der Waals surface area contributed by atoms with Gasteiger partial charge in [0, 0.05) is 11.6 Å². The zero-order valence-corrected chi connectivity index (χ0v) is 13.8. The van der Waals surface area contributed by atoms with Crippen LogP contribution < -0.4 is 14.4 Å². The molecule has 4 heteroatoms. The molecule has 0 radical (unpaired) electrons. The highest BCUT2D eigenvalue weighted by Gasteiger charge is 2.21. The molecular weight excluding hydrogens is 302 g/mol. The summed E-state index contributed by atoms with van der Waals surface area (Å²) < 4.78 is 11.3. The Morgan fingerprint density at radius 2 is 2.00 bits per heavy atom. The summed E-state index contributed by atoms with van der Waals surface area (Å²) in [6.07, 6.45) is 4.35. The molecule has 0 bridgehead atoms. The lowest BCUT2D eigenvalue weighted by Gasteiger charge is -2.28. The zero-order valence-electron chi connectivity index (χ0n) is 13.8. The van der Waals surface area contributed by atoms with E-state index in [4.69, 9.17) is 9.47 Å². The average molecular weight is 323 g/mol. The second-order valence-electron chi connectivity index (χ2n) is 5.53. The Balaban J connectivity index is 1.77. The smallest absolute Gasteiger partial charge is 0.251 e. The third-order valence-electron chi connectivity index (χ3n) is 3.78. The standard InChI is InChI=1S/C20H21NO3/c1-2-14-23-18-9-5-3-7-16(18)11-12-20(22)21-13-15-24-19-10-6-4-8-17(19)21/h3-12H,2,13-15H2,1H3/b12-11+. The Morgan fingerprint density at radius 3 is 2.88 bits per heavy atom. The van der Waals surface area contributed by atoms with Gasteiger partial charge in [0.2, 0.25) is 0 Å². The molecule has 0 atom stereocenters. The Morgan fingerprint density at radius 1 is 1.21 bits per heavy atom. The molecular formula is C20H21NO3. The summed E-state index contributed by atoms with van der Waals surface area (Å²) in [7, 11) is 0. The largest absolute Gasteiger partial charge is 0.493 e. The second kappa shape index (κ2) is 7.68. The van der Waals surface area contributed by atoms with E-state index < -0.39 is 0 Å². The molecule has 0 aliphatic carbocycles. The maximum Gasteiger partial charge on any atom is 0.251 e. The molecule has 1 amide bonds. The number of benzene rings is 2. The van der Waals surface area contributed by atoms with Gasteiger partial charge in [-0.2, -0.15) is 0 Å². The third kappa shape index (κ3) is 3.59. The SMILES string of the molecule is CCCOc1ccccc1/C=C/C(=O)N1CCOc2ccccc21. The van der Waals surface area contributed by atoms with Crippen molar-refractivity contribution in [2.45, 2.75) is 13.3 Å². The molecule has 0 unspecified atom stereocenters. The van der Waals surface area contributed by atoms with E-state index in [1.165, 1.54) is 0 Å². The van der Waals surface area contributed by atoms with Crippen LogP contribution >= 0.6 is 0 Å². The number of hydrogen-bond donors (Lipinski definition) is 0. The van der Waals surface area contributed by atoms with Crippen LogP contribution in [0.4, 0.5) is 5.69 Å². The highest BCUT2D eigenvalue weighted by atomic mass is 16.5. The molecule has 0 spiro atoms. The van der Waals surface area contributed by atoms with E-state index in [-0.39, 0.29) is 5.91 Å². The Labute approximate surface area is 142 Å². The Bertz CT molecular complexity index is 739.